The second-order valence-corrected chi connectivity index (χ2v) is 5.45. The molecule has 0 aliphatic carbocycles. The van der Waals surface area contributed by atoms with Crippen LogP contribution >= 0.6 is 24.0 Å². The smallest absolute Gasteiger partial charge is 0.387 e. The largest absolute Gasteiger partial charge is 0.493 e. The third kappa shape index (κ3) is 7.98. The van der Waals surface area contributed by atoms with Crippen LogP contribution in [0.4, 0.5) is 8.78 Å². The van der Waals surface area contributed by atoms with Gasteiger partial charge in [-0.2, -0.15) is 8.78 Å². The van der Waals surface area contributed by atoms with E-state index in [1.54, 1.807) is 19.2 Å². The van der Waals surface area contributed by atoms with Crippen LogP contribution < -0.4 is 20.1 Å². The molecule has 5 nitrogen and oxygen atoms in total. The molecule has 0 heterocycles. The molecule has 2 aromatic carbocycles. The summed E-state index contributed by atoms with van der Waals surface area (Å²) in [5, 5.41) is 6.37. The molecule has 27 heavy (non-hydrogen) atoms. The minimum absolute atomic E-state index is 0. The van der Waals surface area contributed by atoms with Crippen LogP contribution in [-0.4, -0.2) is 33.3 Å². The number of benzene rings is 2. The molecule has 0 saturated carbocycles. The number of methoxy groups -OCH3 is 1. The Morgan fingerprint density at radius 2 is 1.78 bits per heavy atom. The number of halogens is 3. The number of guanidine groups is 1. The van der Waals surface area contributed by atoms with Crippen LogP contribution in [0.1, 0.15) is 11.1 Å². The number of nitrogens with zero attached hydrogens (tertiary/aromatic N) is 1. The lowest BCUT2D eigenvalue weighted by Gasteiger charge is -2.14. The van der Waals surface area contributed by atoms with E-state index in [4.69, 9.17) is 4.74 Å². The highest BCUT2D eigenvalue weighted by atomic mass is 127. The van der Waals surface area contributed by atoms with E-state index in [9.17, 15) is 8.78 Å². The first-order chi connectivity index (χ1) is 12.6. The number of ether oxygens (including phenoxy) is 2. The van der Waals surface area contributed by atoms with Crippen LogP contribution in [0, 0.1) is 0 Å². The predicted molar refractivity (Wildman–Crippen MR) is 113 cm³/mol. The van der Waals surface area contributed by atoms with E-state index in [-0.39, 0.29) is 35.5 Å². The van der Waals surface area contributed by atoms with E-state index in [0.717, 1.165) is 18.5 Å². The maximum absolute atomic E-state index is 12.5. The number of hydrogen-bond acceptors (Lipinski definition) is 3. The number of aliphatic imine (C=N–C) groups is 1. The summed E-state index contributed by atoms with van der Waals surface area (Å²) in [6.07, 6.45) is 0.871. The normalized spacial score (nSPS) is 10.9. The Hall–Kier alpha value is -2.10. The fourth-order valence-electron chi connectivity index (χ4n) is 2.40. The van der Waals surface area contributed by atoms with Crippen LogP contribution in [0.2, 0.25) is 0 Å². The molecule has 0 aliphatic rings. The maximum Gasteiger partial charge on any atom is 0.387 e. The Labute approximate surface area is 175 Å². The zero-order valence-electron chi connectivity index (χ0n) is 15.2. The summed E-state index contributed by atoms with van der Waals surface area (Å²) < 4.78 is 34.5. The van der Waals surface area contributed by atoms with Crippen LogP contribution in [0.5, 0.6) is 11.5 Å². The van der Waals surface area contributed by atoms with Crippen LogP contribution in [0.15, 0.2) is 53.5 Å². The first-order valence-electron chi connectivity index (χ1n) is 8.22. The van der Waals surface area contributed by atoms with Gasteiger partial charge in [-0.1, -0.05) is 36.4 Å². The van der Waals surface area contributed by atoms with Gasteiger partial charge >= 0.3 is 6.61 Å². The van der Waals surface area contributed by atoms with E-state index < -0.39 is 6.61 Å². The van der Waals surface area contributed by atoms with Gasteiger partial charge in [-0.3, -0.25) is 4.99 Å². The monoisotopic (exact) mass is 491 g/mol. The molecule has 8 heteroatoms. The lowest BCUT2D eigenvalue weighted by molar-refractivity contribution is -0.0512. The molecule has 0 atom stereocenters. The molecule has 0 saturated heterocycles. The van der Waals surface area contributed by atoms with Crippen molar-refractivity contribution in [2.75, 3.05) is 20.7 Å². The van der Waals surface area contributed by atoms with Crippen molar-refractivity contribution in [2.24, 2.45) is 4.99 Å². The molecular weight excluding hydrogens is 467 g/mol. The molecule has 0 amide bonds. The number of rotatable bonds is 8. The van der Waals surface area contributed by atoms with Gasteiger partial charge < -0.3 is 20.1 Å². The summed E-state index contributed by atoms with van der Waals surface area (Å²) in [5.41, 5.74) is 2.01. The summed E-state index contributed by atoms with van der Waals surface area (Å²) in [4.78, 5) is 4.16. The third-order valence-corrected chi connectivity index (χ3v) is 3.68. The van der Waals surface area contributed by atoms with Crippen molar-refractivity contribution in [3.8, 4) is 11.5 Å². The summed E-state index contributed by atoms with van der Waals surface area (Å²) in [6, 6.07) is 15.0. The molecule has 0 aromatic heterocycles. The van der Waals surface area contributed by atoms with Crippen molar-refractivity contribution in [3.05, 3.63) is 59.7 Å². The van der Waals surface area contributed by atoms with Gasteiger partial charge in [0, 0.05) is 20.1 Å². The van der Waals surface area contributed by atoms with Crippen molar-refractivity contribution in [3.63, 3.8) is 0 Å². The lowest BCUT2D eigenvalue weighted by atomic mass is 10.1. The standard InChI is InChI=1S/C19H23F2N3O2.HI/c1-22-19(23-11-10-14-6-4-3-5-7-14)24-13-15-8-9-16(25-2)17(12-15)26-18(20)21;/h3-9,12,18H,10-11,13H2,1-2H3,(H2,22,23,24);1H. The van der Waals surface area contributed by atoms with Gasteiger partial charge in [0.2, 0.25) is 0 Å². The van der Waals surface area contributed by atoms with Gasteiger partial charge in [0.25, 0.3) is 0 Å². The predicted octanol–water partition coefficient (Wildman–Crippen LogP) is 3.82. The van der Waals surface area contributed by atoms with Crippen molar-refractivity contribution < 1.29 is 18.3 Å². The van der Waals surface area contributed by atoms with Gasteiger partial charge in [-0.25, -0.2) is 0 Å². The molecule has 0 unspecified atom stereocenters. The van der Waals surface area contributed by atoms with Crippen molar-refractivity contribution in [2.45, 2.75) is 19.6 Å². The number of nitrogens with one attached hydrogen (secondary N) is 2. The zero-order chi connectivity index (χ0) is 18.8. The molecule has 0 radical (unpaired) electrons. The summed E-state index contributed by atoms with van der Waals surface area (Å²) in [7, 11) is 3.08. The van der Waals surface area contributed by atoms with Crippen LogP contribution in [-0.2, 0) is 13.0 Å². The number of alkyl halides is 2. The Balaban J connectivity index is 0.00000364. The van der Waals surface area contributed by atoms with Crippen molar-refractivity contribution in [1.82, 2.24) is 10.6 Å². The quantitative estimate of drug-likeness (QED) is 0.335. The fraction of sp³-hybridized carbons (Fsp3) is 0.316. The second-order valence-electron chi connectivity index (χ2n) is 5.45. The average Bonchev–Trinajstić information content (AvgIpc) is 2.65. The molecule has 148 valence electrons. The van der Waals surface area contributed by atoms with E-state index >= 15 is 0 Å². The van der Waals surface area contributed by atoms with Gasteiger partial charge in [-0.05, 0) is 29.7 Å². The molecule has 2 rings (SSSR count). The Morgan fingerprint density at radius 3 is 2.41 bits per heavy atom. The molecule has 0 spiro atoms. The first kappa shape index (κ1) is 22.9. The van der Waals surface area contributed by atoms with E-state index in [2.05, 4.69) is 32.5 Å². The average molecular weight is 491 g/mol. The van der Waals surface area contributed by atoms with Gasteiger partial charge in [0.1, 0.15) is 0 Å². The SMILES string of the molecule is CN=C(NCCc1ccccc1)NCc1ccc(OC)c(OC(F)F)c1.I. The fourth-order valence-corrected chi connectivity index (χ4v) is 2.40. The highest BCUT2D eigenvalue weighted by Crippen LogP contribution is 2.29. The highest BCUT2D eigenvalue weighted by molar-refractivity contribution is 14.0. The molecular formula is C19H24F2IN3O2. The summed E-state index contributed by atoms with van der Waals surface area (Å²) in [6.45, 7) is -1.76. The van der Waals surface area contributed by atoms with Gasteiger partial charge in [0.15, 0.2) is 17.5 Å². The zero-order valence-corrected chi connectivity index (χ0v) is 17.6. The Kier molecular flexibility index (Phi) is 10.5. The van der Waals surface area contributed by atoms with Crippen LogP contribution in [0.3, 0.4) is 0 Å². The molecule has 2 N–H and O–H groups in total. The first-order valence-corrected chi connectivity index (χ1v) is 8.22. The third-order valence-electron chi connectivity index (χ3n) is 3.68. The minimum Gasteiger partial charge on any atom is -0.493 e. The van der Waals surface area contributed by atoms with E-state index in [1.807, 2.05) is 18.2 Å². The minimum atomic E-state index is -2.90. The van der Waals surface area contributed by atoms with Crippen molar-refractivity contribution >= 4 is 29.9 Å². The van der Waals surface area contributed by atoms with Crippen molar-refractivity contribution in [1.29, 1.82) is 0 Å². The summed E-state index contributed by atoms with van der Waals surface area (Å²) in [5.74, 6) is 0.904. The van der Waals surface area contributed by atoms with Crippen LogP contribution in [0.25, 0.3) is 0 Å². The lowest BCUT2D eigenvalue weighted by Crippen LogP contribution is -2.37. The maximum atomic E-state index is 12.5. The molecule has 0 fully saturated rings. The topological polar surface area (TPSA) is 54.9 Å². The van der Waals surface area contributed by atoms with E-state index in [1.165, 1.54) is 18.7 Å². The highest BCUT2D eigenvalue weighted by Gasteiger charge is 2.11. The molecule has 0 bridgehead atoms. The van der Waals surface area contributed by atoms with Gasteiger partial charge in [-0.15, -0.1) is 24.0 Å². The number of hydrogen-bond donors (Lipinski definition) is 2. The molecule has 2 aromatic rings. The van der Waals surface area contributed by atoms with E-state index in [0.29, 0.717) is 12.5 Å². The second kappa shape index (κ2) is 12.3. The molecule has 0 aliphatic heterocycles. The summed E-state index contributed by atoms with van der Waals surface area (Å²) >= 11 is 0. The van der Waals surface area contributed by atoms with Gasteiger partial charge in [0.05, 0.1) is 7.11 Å². The Morgan fingerprint density at radius 1 is 1.04 bits per heavy atom. The Bertz CT molecular complexity index is 715.